The fraction of sp³-hybridized carbons (Fsp3) is 0.818. The van der Waals surface area contributed by atoms with Gasteiger partial charge >= 0.3 is 0 Å². The SMILES string of the molecule is CC1CN(C(=O)C2(C(N)=NO)CC2)CC(C)O1. The van der Waals surface area contributed by atoms with Gasteiger partial charge in [0.25, 0.3) is 0 Å². The molecule has 1 aliphatic carbocycles. The van der Waals surface area contributed by atoms with Crippen molar-refractivity contribution in [1.82, 2.24) is 4.90 Å². The molecule has 2 unspecified atom stereocenters. The van der Waals surface area contributed by atoms with Gasteiger partial charge in [0, 0.05) is 13.1 Å². The molecule has 0 spiro atoms. The first kappa shape index (κ1) is 12.2. The molecule has 0 radical (unpaired) electrons. The first-order chi connectivity index (χ1) is 7.99. The average Bonchev–Trinajstić information content (AvgIpc) is 3.07. The van der Waals surface area contributed by atoms with Crippen molar-refractivity contribution in [2.24, 2.45) is 16.3 Å². The largest absolute Gasteiger partial charge is 0.409 e. The number of amides is 1. The molecular formula is C11H19N3O3. The summed E-state index contributed by atoms with van der Waals surface area (Å²) >= 11 is 0. The van der Waals surface area contributed by atoms with Gasteiger partial charge in [-0.25, -0.2) is 0 Å². The topological polar surface area (TPSA) is 88.2 Å². The Kier molecular flexibility index (Phi) is 2.99. The van der Waals surface area contributed by atoms with Crippen molar-refractivity contribution >= 4 is 11.7 Å². The summed E-state index contributed by atoms with van der Waals surface area (Å²) in [5.74, 6) is 0.00379. The van der Waals surface area contributed by atoms with Crippen LogP contribution in [0, 0.1) is 5.41 Å². The van der Waals surface area contributed by atoms with Gasteiger partial charge in [-0.1, -0.05) is 5.16 Å². The number of carbonyl (C=O) groups is 1. The Bertz CT molecular complexity index is 342. The molecule has 6 nitrogen and oxygen atoms in total. The van der Waals surface area contributed by atoms with Crippen LogP contribution in [0.4, 0.5) is 0 Å². The number of carbonyl (C=O) groups excluding carboxylic acids is 1. The Morgan fingerprint density at radius 1 is 1.41 bits per heavy atom. The van der Waals surface area contributed by atoms with Crippen LogP contribution < -0.4 is 5.73 Å². The summed E-state index contributed by atoms with van der Waals surface area (Å²) in [5.41, 5.74) is 4.87. The smallest absolute Gasteiger partial charge is 0.236 e. The Balaban J connectivity index is 2.10. The van der Waals surface area contributed by atoms with Crippen molar-refractivity contribution < 1.29 is 14.7 Å². The predicted octanol–water partition coefficient (Wildman–Crippen LogP) is 0.149. The Morgan fingerprint density at radius 3 is 2.35 bits per heavy atom. The minimum absolute atomic E-state index is 0.0326. The second kappa shape index (κ2) is 4.18. The molecule has 1 heterocycles. The molecule has 3 N–H and O–H groups in total. The number of amidine groups is 1. The Labute approximate surface area is 100 Å². The number of hydrogen-bond acceptors (Lipinski definition) is 4. The summed E-state index contributed by atoms with van der Waals surface area (Å²) in [6.07, 6.45) is 1.40. The molecule has 0 aromatic rings. The average molecular weight is 241 g/mol. The lowest BCUT2D eigenvalue weighted by Crippen LogP contribution is -2.52. The maximum absolute atomic E-state index is 12.4. The molecule has 1 aliphatic heterocycles. The van der Waals surface area contributed by atoms with Crippen molar-refractivity contribution in [2.75, 3.05) is 13.1 Å². The molecule has 0 aromatic carbocycles. The minimum Gasteiger partial charge on any atom is -0.409 e. The fourth-order valence-electron chi connectivity index (χ4n) is 2.45. The van der Waals surface area contributed by atoms with Gasteiger partial charge < -0.3 is 20.6 Å². The van der Waals surface area contributed by atoms with Gasteiger partial charge in [-0.3, -0.25) is 4.79 Å². The quantitative estimate of drug-likeness (QED) is 0.312. The van der Waals surface area contributed by atoms with Gasteiger partial charge in [0.2, 0.25) is 5.91 Å². The van der Waals surface area contributed by atoms with Crippen LogP contribution in [0.15, 0.2) is 5.16 Å². The molecular weight excluding hydrogens is 222 g/mol. The highest BCUT2D eigenvalue weighted by Crippen LogP contribution is 2.47. The zero-order valence-electron chi connectivity index (χ0n) is 10.2. The predicted molar refractivity (Wildman–Crippen MR) is 61.7 cm³/mol. The third-order valence-electron chi connectivity index (χ3n) is 3.46. The first-order valence-electron chi connectivity index (χ1n) is 5.92. The van der Waals surface area contributed by atoms with E-state index in [-0.39, 0.29) is 24.0 Å². The minimum atomic E-state index is -0.745. The van der Waals surface area contributed by atoms with E-state index in [9.17, 15) is 4.79 Å². The van der Waals surface area contributed by atoms with E-state index in [0.29, 0.717) is 25.9 Å². The molecule has 0 aromatic heterocycles. The summed E-state index contributed by atoms with van der Waals surface area (Å²) in [5, 5.41) is 11.7. The van der Waals surface area contributed by atoms with E-state index in [0.717, 1.165) is 0 Å². The highest BCUT2D eigenvalue weighted by molar-refractivity contribution is 6.09. The van der Waals surface area contributed by atoms with Crippen LogP contribution in [-0.2, 0) is 9.53 Å². The summed E-state index contributed by atoms with van der Waals surface area (Å²) in [6, 6.07) is 0. The number of ether oxygens (including phenoxy) is 1. The highest BCUT2D eigenvalue weighted by Gasteiger charge is 2.56. The normalized spacial score (nSPS) is 32.4. The van der Waals surface area contributed by atoms with Crippen LogP contribution in [-0.4, -0.2) is 47.1 Å². The van der Waals surface area contributed by atoms with Crippen LogP contribution in [0.25, 0.3) is 0 Å². The number of hydrogen-bond donors (Lipinski definition) is 2. The lowest BCUT2D eigenvalue weighted by atomic mass is 10.0. The van der Waals surface area contributed by atoms with Gasteiger partial charge in [-0.2, -0.15) is 0 Å². The zero-order chi connectivity index (χ0) is 12.6. The van der Waals surface area contributed by atoms with E-state index >= 15 is 0 Å². The first-order valence-corrected chi connectivity index (χ1v) is 5.92. The van der Waals surface area contributed by atoms with E-state index in [1.807, 2.05) is 13.8 Å². The molecule has 1 saturated carbocycles. The van der Waals surface area contributed by atoms with Crippen molar-refractivity contribution in [3.05, 3.63) is 0 Å². The summed E-state index contributed by atoms with van der Waals surface area (Å²) < 4.78 is 5.58. The summed E-state index contributed by atoms with van der Waals surface area (Å²) in [7, 11) is 0. The maximum Gasteiger partial charge on any atom is 0.236 e. The van der Waals surface area contributed by atoms with E-state index in [1.165, 1.54) is 0 Å². The van der Waals surface area contributed by atoms with E-state index < -0.39 is 5.41 Å². The van der Waals surface area contributed by atoms with Gasteiger partial charge in [-0.05, 0) is 26.7 Å². The summed E-state index contributed by atoms with van der Waals surface area (Å²) in [4.78, 5) is 14.1. The van der Waals surface area contributed by atoms with Crippen LogP contribution in [0.1, 0.15) is 26.7 Å². The van der Waals surface area contributed by atoms with Gasteiger partial charge in [-0.15, -0.1) is 0 Å². The Hall–Kier alpha value is -1.30. The molecule has 2 aliphatic rings. The molecule has 2 atom stereocenters. The molecule has 1 saturated heterocycles. The fourth-order valence-corrected chi connectivity index (χ4v) is 2.45. The lowest BCUT2D eigenvalue weighted by molar-refractivity contribution is -0.146. The van der Waals surface area contributed by atoms with E-state index in [4.69, 9.17) is 15.7 Å². The number of rotatable bonds is 2. The number of morpholine rings is 1. The van der Waals surface area contributed by atoms with Crippen LogP contribution in [0.5, 0.6) is 0 Å². The van der Waals surface area contributed by atoms with Gasteiger partial charge in [0.15, 0.2) is 5.84 Å². The highest BCUT2D eigenvalue weighted by atomic mass is 16.5. The number of oxime groups is 1. The monoisotopic (exact) mass is 241 g/mol. The van der Waals surface area contributed by atoms with E-state index in [2.05, 4.69) is 5.16 Å². The third-order valence-corrected chi connectivity index (χ3v) is 3.46. The van der Waals surface area contributed by atoms with Gasteiger partial charge in [0.1, 0.15) is 5.41 Å². The second-order valence-electron chi connectivity index (χ2n) is 5.03. The van der Waals surface area contributed by atoms with Crippen LogP contribution in [0.2, 0.25) is 0 Å². The van der Waals surface area contributed by atoms with Crippen LogP contribution >= 0.6 is 0 Å². The number of nitrogens with two attached hydrogens (primary N) is 1. The molecule has 1 amide bonds. The molecule has 96 valence electrons. The van der Waals surface area contributed by atoms with Gasteiger partial charge in [0.05, 0.1) is 12.2 Å². The summed E-state index contributed by atoms with van der Waals surface area (Å²) in [6.45, 7) is 5.03. The molecule has 0 bridgehead atoms. The molecule has 17 heavy (non-hydrogen) atoms. The third kappa shape index (κ3) is 2.09. The Morgan fingerprint density at radius 2 is 1.94 bits per heavy atom. The maximum atomic E-state index is 12.4. The molecule has 6 heteroatoms. The standard InChI is InChI=1S/C11H19N3O3/c1-7-5-14(6-8(2)17-7)10(15)11(3-4-11)9(12)13-16/h7-8,16H,3-6H2,1-2H3,(H2,12,13). The number of nitrogens with zero attached hydrogens (tertiary/aromatic N) is 2. The van der Waals surface area contributed by atoms with Crippen molar-refractivity contribution in [3.8, 4) is 0 Å². The van der Waals surface area contributed by atoms with Crippen molar-refractivity contribution in [1.29, 1.82) is 0 Å². The molecule has 2 rings (SSSR count). The zero-order valence-corrected chi connectivity index (χ0v) is 10.2. The van der Waals surface area contributed by atoms with Crippen LogP contribution in [0.3, 0.4) is 0 Å². The molecule has 2 fully saturated rings. The van der Waals surface area contributed by atoms with Crippen molar-refractivity contribution in [2.45, 2.75) is 38.9 Å². The van der Waals surface area contributed by atoms with Crippen molar-refractivity contribution in [3.63, 3.8) is 0 Å². The van der Waals surface area contributed by atoms with E-state index in [1.54, 1.807) is 4.90 Å². The lowest BCUT2D eigenvalue weighted by Gasteiger charge is -2.37. The second-order valence-corrected chi connectivity index (χ2v) is 5.03.